The molecule has 0 saturated heterocycles. The second kappa shape index (κ2) is 32.2. The van der Waals surface area contributed by atoms with Crippen molar-refractivity contribution in [3.8, 4) is 0 Å². The maximum atomic E-state index is 10.3. The highest BCUT2D eigenvalue weighted by atomic mass is 16.4. The Morgan fingerprint density at radius 2 is 0.969 bits per heavy atom. The van der Waals surface area contributed by atoms with Crippen molar-refractivity contribution in [3.05, 3.63) is 12.2 Å². The Balaban J connectivity index is -0.000000571. The highest BCUT2D eigenvalue weighted by Crippen LogP contribution is 2.09. The third-order valence-electron chi connectivity index (χ3n) is 4.50. The summed E-state index contributed by atoms with van der Waals surface area (Å²) in [5.41, 5.74) is 0. The molecule has 0 unspecified atom stereocenters. The number of hydrogen-bond acceptors (Lipinski definition) is 7. The number of carboxylic acids is 1. The number of hydrogen-bond donors (Lipinski definition) is 7. The molecular weight excluding hydrogens is 416 g/mol. The van der Waals surface area contributed by atoms with Gasteiger partial charge in [-0.2, -0.15) is 0 Å². The van der Waals surface area contributed by atoms with E-state index >= 15 is 0 Å². The van der Waals surface area contributed by atoms with Crippen molar-refractivity contribution in [2.45, 2.75) is 109 Å². The molecule has 0 aliphatic carbocycles. The number of unbranched alkanes of at least 4 members (excludes halogenated alkanes) is 11. The summed E-state index contributed by atoms with van der Waals surface area (Å²) in [6.45, 7) is 0.800. The average Bonchev–Trinajstić information content (AvgIpc) is 2.81. The number of carbonyl (C=O) groups is 1. The van der Waals surface area contributed by atoms with Crippen LogP contribution in [0.2, 0.25) is 0 Å². The lowest BCUT2D eigenvalue weighted by atomic mass is 10.1. The highest BCUT2D eigenvalue weighted by molar-refractivity contribution is 5.66. The fourth-order valence-electron chi connectivity index (χ4n) is 2.46. The number of aliphatic hydroxyl groups is 6. The van der Waals surface area contributed by atoms with Crippen molar-refractivity contribution >= 4 is 5.97 Å². The number of aliphatic carboxylic acids is 1. The number of aliphatic hydroxyl groups excluding tert-OH is 6. The van der Waals surface area contributed by atoms with Gasteiger partial charge in [-0.25, -0.2) is 0 Å². The molecule has 0 aliphatic rings. The van der Waals surface area contributed by atoms with Gasteiger partial charge in [0.1, 0.15) is 12.2 Å². The van der Waals surface area contributed by atoms with Crippen molar-refractivity contribution in [3.63, 3.8) is 0 Å². The molecule has 8 nitrogen and oxygen atoms in total. The first-order valence-electron chi connectivity index (χ1n) is 12.1. The van der Waals surface area contributed by atoms with E-state index in [0.717, 1.165) is 12.8 Å². The molecule has 0 aliphatic heterocycles. The van der Waals surface area contributed by atoms with Gasteiger partial charge in [0.2, 0.25) is 0 Å². The standard InChI is InChI=1S/C18H34O2.2C3H8O3/c1-2-3-4-5-6-7-8-9-10-11-12-13-14-15-16-17-18(19)20;2*4-1-3(6)2-5/h9-10H,2-8,11-17H2,1H3,(H,19,20);2*3-6H,1-2H2. The van der Waals surface area contributed by atoms with Gasteiger partial charge in [0, 0.05) is 6.42 Å². The van der Waals surface area contributed by atoms with Gasteiger partial charge in [-0.15, -0.1) is 0 Å². The molecule has 0 spiro atoms. The molecule has 8 heteroatoms. The van der Waals surface area contributed by atoms with Gasteiger partial charge in [-0.05, 0) is 32.1 Å². The van der Waals surface area contributed by atoms with Crippen LogP contribution in [0.25, 0.3) is 0 Å². The number of carboxylic acid groups (broad SMARTS) is 1. The second-order valence-corrected chi connectivity index (χ2v) is 7.77. The summed E-state index contributed by atoms with van der Waals surface area (Å²) in [7, 11) is 0. The van der Waals surface area contributed by atoms with E-state index in [4.69, 9.17) is 35.7 Å². The topological polar surface area (TPSA) is 159 Å². The van der Waals surface area contributed by atoms with E-state index in [-0.39, 0.29) is 26.4 Å². The zero-order chi connectivity index (χ0) is 24.9. The van der Waals surface area contributed by atoms with Crippen molar-refractivity contribution in [1.29, 1.82) is 0 Å². The van der Waals surface area contributed by atoms with Crippen molar-refractivity contribution in [2.75, 3.05) is 26.4 Å². The maximum Gasteiger partial charge on any atom is 0.303 e. The van der Waals surface area contributed by atoms with Crippen LogP contribution in [0.1, 0.15) is 96.8 Å². The fourth-order valence-corrected chi connectivity index (χ4v) is 2.46. The van der Waals surface area contributed by atoms with Gasteiger partial charge in [0.05, 0.1) is 26.4 Å². The fraction of sp³-hybridized carbons (Fsp3) is 0.875. The zero-order valence-electron chi connectivity index (χ0n) is 20.1. The molecule has 0 aromatic heterocycles. The van der Waals surface area contributed by atoms with E-state index in [1.807, 2.05) is 0 Å². The molecule has 0 amide bonds. The monoisotopic (exact) mass is 466 g/mol. The van der Waals surface area contributed by atoms with Crippen LogP contribution in [0, 0.1) is 0 Å². The van der Waals surface area contributed by atoms with Crippen LogP contribution in [0.5, 0.6) is 0 Å². The molecule has 0 aromatic rings. The molecule has 194 valence electrons. The van der Waals surface area contributed by atoms with Crippen LogP contribution < -0.4 is 0 Å². The molecule has 0 rings (SSSR count). The SMILES string of the molecule is CCCCCCCCC=CCCCCCCCC(=O)O.OCC(O)CO.OCC(O)CO. The zero-order valence-corrected chi connectivity index (χ0v) is 20.1. The van der Waals surface area contributed by atoms with Gasteiger partial charge in [-0.3, -0.25) is 4.79 Å². The average molecular weight is 467 g/mol. The molecule has 0 radical (unpaired) electrons. The summed E-state index contributed by atoms with van der Waals surface area (Å²) in [5.74, 6) is -0.664. The van der Waals surface area contributed by atoms with Crippen LogP contribution in [-0.4, -0.2) is 80.4 Å². The van der Waals surface area contributed by atoms with Crippen molar-refractivity contribution in [2.24, 2.45) is 0 Å². The van der Waals surface area contributed by atoms with E-state index in [9.17, 15) is 4.79 Å². The molecule has 0 heterocycles. The Bertz CT molecular complexity index is 359. The lowest BCUT2D eigenvalue weighted by Gasteiger charge is -1.99. The van der Waals surface area contributed by atoms with Crippen LogP contribution in [-0.2, 0) is 4.79 Å². The molecule has 7 N–H and O–H groups in total. The molecule has 0 atom stereocenters. The maximum absolute atomic E-state index is 10.3. The number of allylic oxidation sites excluding steroid dienone is 2. The summed E-state index contributed by atoms with van der Waals surface area (Å²) in [6.07, 6.45) is 19.3. The Morgan fingerprint density at radius 1 is 0.625 bits per heavy atom. The number of rotatable bonds is 19. The Labute approximate surface area is 194 Å². The highest BCUT2D eigenvalue weighted by Gasteiger charge is 1.96. The molecule has 0 bridgehead atoms. The lowest BCUT2D eigenvalue weighted by molar-refractivity contribution is -0.137. The summed E-state index contributed by atoms with van der Waals surface area (Å²) in [5, 5.41) is 56.5. The lowest BCUT2D eigenvalue weighted by Crippen LogP contribution is -2.15. The van der Waals surface area contributed by atoms with Crippen LogP contribution in [0.4, 0.5) is 0 Å². The van der Waals surface area contributed by atoms with Gasteiger partial charge in [-0.1, -0.05) is 70.4 Å². The minimum Gasteiger partial charge on any atom is -0.481 e. The van der Waals surface area contributed by atoms with Crippen molar-refractivity contribution in [1.82, 2.24) is 0 Å². The Hall–Kier alpha value is -1.03. The predicted octanol–water partition coefficient (Wildman–Crippen LogP) is 2.77. The van der Waals surface area contributed by atoms with Gasteiger partial charge in [0.15, 0.2) is 0 Å². The summed E-state index contributed by atoms with van der Waals surface area (Å²) in [4.78, 5) is 10.3. The first-order valence-corrected chi connectivity index (χ1v) is 12.1. The largest absolute Gasteiger partial charge is 0.481 e. The van der Waals surface area contributed by atoms with Gasteiger partial charge in [0.25, 0.3) is 0 Å². The molecule has 0 aromatic carbocycles. The van der Waals surface area contributed by atoms with E-state index in [2.05, 4.69) is 19.1 Å². The second-order valence-electron chi connectivity index (χ2n) is 7.77. The third-order valence-corrected chi connectivity index (χ3v) is 4.50. The third kappa shape index (κ3) is 39.4. The Kier molecular flexibility index (Phi) is 35.7. The van der Waals surface area contributed by atoms with Gasteiger partial charge >= 0.3 is 5.97 Å². The summed E-state index contributed by atoms with van der Waals surface area (Å²) < 4.78 is 0. The molecule has 32 heavy (non-hydrogen) atoms. The first kappa shape index (κ1) is 35.6. The summed E-state index contributed by atoms with van der Waals surface area (Å²) in [6, 6.07) is 0. The molecule has 0 saturated carbocycles. The minimum atomic E-state index is -0.954. The molecular formula is C24H50O8. The predicted molar refractivity (Wildman–Crippen MR) is 127 cm³/mol. The summed E-state index contributed by atoms with van der Waals surface area (Å²) >= 11 is 0. The first-order chi connectivity index (χ1) is 15.4. The smallest absolute Gasteiger partial charge is 0.303 e. The Morgan fingerprint density at radius 3 is 1.28 bits per heavy atom. The van der Waals surface area contributed by atoms with E-state index in [1.54, 1.807) is 0 Å². The van der Waals surface area contributed by atoms with E-state index in [0.29, 0.717) is 6.42 Å². The van der Waals surface area contributed by atoms with E-state index < -0.39 is 18.2 Å². The minimum absolute atomic E-state index is 0.332. The van der Waals surface area contributed by atoms with Crippen LogP contribution >= 0.6 is 0 Å². The van der Waals surface area contributed by atoms with Crippen molar-refractivity contribution < 1.29 is 40.5 Å². The van der Waals surface area contributed by atoms with E-state index in [1.165, 1.54) is 70.6 Å². The van der Waals surface area contributed by atoms with Gasteiger partial charge < -0.3 is 35.7 Å². The molecule has 0 fully saturated rings. The normalized spacial score (nSPS) is 10.8. The quantitative estimate of drug-likeness (QED) is 0.113. The van der Waals surface area contributed by atoms with Crippen LogP contribution in [0.15, 0.2) is 12.2 Å². The van der Waals surface area contributed by atoms with Crippen LogP contribution in [0.3, 0.4) is 0 Å².